The van der Waals surface area contributed by atoms with E-state index in [4.69, 9.17) is 0 Å². The second-order valence-corrected chi connectivity index (χ2v) is 5.28. The maximum atomic E-state index is 13.1. The first-order valence-electron chi connectivity index (χ1n) is 7.00. The van der Waals surface area contributed by atoms with Gasteiger partial charge in [-0.05, 0) is 42.8 Å². The second kappa shape index (κ2) is 5.60. The molecule has 1 N–H and O–H groups in total. The molecule has 0 fully saturated rings. The number of fused-ring (bicyclic) bond motifs is 1. The molecule has 0 bridgehead atoms. The minimum absolute atomic E-state index is 0.183. The molecule has 2 aromatic carbocycles. The van der Waals surface area contributed by atoms with Gasteiger partial charge in [0.25, 0.3) is 0 Å². The Hall–Kier alpha value is -2.69. The van der Waals surface area contributed by atoms with Gasteiger partial charge in [0, 0.05) is 12.7 Å². The summed E-state index contributed by atoms with van der Waals surface area (Å²) in [5, 5.41) is 2.69. The largest absolute Gasteiger partial charge is 0.331 e. The van der Waals surface area contributed by atoms with E-state index < -0.39 is 0 Å². The van der Waals surface area contributed by atoms with Crippen molar-refractivity contribution in [2.24, 2.45) is 7.05 Å². The van der Waals surface area contributed by atoms with Gasteiger partial charge < -0.3 is 9.88 Å². The Morgan fingerprint density at radius 3 is 2.86 bits per heavy atom. The summed E-state index contributed by atoms with van der Waals surface area (Å²) in [5.74, 6) is 0.372. The molecule has 0 spiro atoms. The summed E-state index contributed by atoms with van der Waals surface area (Å²) >= 11 is 0. The molecule has 0 aliphatic heterocycles. The number of anilines is 1. The zero-order chi connectivity index (χ0) is 15.7. The maximum Gasteiger partial charge on any atom is 0.228 e. The molecule has 3 aromatic rings. The van der Waals surface area contributed by atoms with Crippen LogP contribution in [0.25, 0.3) is 11.0 Å². The number of nitrogens with zero attached hydrogens (tertiary/aromatic N) is 2. The zero-order valence-corrected chi connectivity index (χ0v) is 12.4. The van der Waals surface area contributed by atoms with Crippen LogP contribution in [-0.2, 0) is 18.3 Å². The van der Waals surface area contributed by atoms with Crippen molar-refractivity contribution in [2.75, 3.05) is 5.32 Å². The number of aryl methyl sites for hydroxylation is 2. The lowest BCUT2D eigenvalue weighted by Crippen LogP contribution is -2.14. The molecule has 1 heterocycles. The summed E-state index contributed by atoms with van der Waals surface area (Å²) in [6.07, 6.45) is 0.224. The predicted molar refractivity (Wildman–Crippen MR) is 84.2 cm³/mol. The highest BCUT2D eigenvalue weighted by molar-refractivity contribution is 5.92. The van der Waals surface area contributed by atoms with Gasteiger partial charge in [0.1, 0.15) is 11.6 Å². The highest BCUT2D eigenvalue weighted by atomic mass is 19.1. The van der Waals surface area contributed by atoms with Crippen molar-refractivity contribution in [3.8, 4) is 0 Å². The van der Waals surface area contributed by atoms with Crippen LogP contribution >= 0.6 is 0 Å². The first-order valence-corrected chi connectivity index (χ1v) is 7.00. The highest BCUT2D eigenvalue weighted by Crippen LogP contribution is 2.17. The van der Waals surface area contributed by atoms with E-state index in [1.54, 1.807) is 12.1 Å². The fourth-order valence-electron chi connectivity index (χ4n) is 2.43. The van der Waals surface area contributed by atoms with Gasteiger partial charge in [0.05, 0.1) is 17.5 Å². The molecule has 0 radical (unpaired) electrons. The summed E-state index contributed by atoms with van der Waals surface area (Å²) in [7, 11) is 1.96. The summed E-state index contributed by atoms with van der Waals surface area (Å²) in [5.41, 5.74) is 3.24. The van der Waals surface area contributed by atoms with Gasteiger partial charge in [-0.3, -0.25) is 4.79 Å². The number of nitrogens with one attached hydrogen (secondary N) is 1. The van der Waals surface area contributed by atoms with Gasteiger partial charge in [-0.1, -0.05) is 12.1 Å². The van der Waals surface area contributed by atoms with Crippen LogP contribution in [-0.4, -0.2) is 15.5 Å². The van der Waals surface area contributed by atoms with Gasteiger partial charge in [-0.25, -0.2) is 9.37 Å². The average Bonchev–Trinajstić information content (AvgIpc) is 2.73. The van der Waals surface area contributed by atoms with E-state index in [0.29, 0.717) is 5.69 Å². The Kier molecular flexibility index (Phi) is 3.63. The van der Waals surface area contributed by atoms with Crippen molar-refractivity contribution < 1.29 is 9.18 Å². The average molecular weight is 297 g/mol. The summed E-state index contributed by atoms with van der Waals surface area (Å²) in [4.78, 5) is 16.5. The maximum absolute atomic E-state index is 13.1. The van der Waals surface area contributed by atoms with Crippen LogP contribution in [0.5, 0.6) is 0 Å². The van der Waals surface area contributed by atoms with E-state index >= 15 is 0 Å². The number of carbonyl (C=O) groups is 1. The highest BCUT2D eigenvalue weighted by Gasteiger charge is 2.08. The molecule has 3 rings (SSSR count). The first-order chi connectivity index (χ1) is 10.5. The fraction of sp³-hybridized carbons (Fsp3) is 0.176. The number of imidazole rings is 1. The van der Waals surface area contributed by atoms with Crippen molar-refractivity contribution in [2.45, 2.75) is 13.3 Å². The van der Waals surface area contributed by atoms with Gasteiger partial charge >= 0.3 is 0 Å². The summed E-state index contributed by atoms with van der Waals surface area (Å²) in [6, 6.07) is 11.6. The Labute approximate surface area is 127 Å². The number of carbonyl (C=O) groups excluding carboxylic acids is 1. The summed E-state index contributed by atoms with van der Waals surface area (Å²) in [6.45, 7) is 1.94. The third-order valence-corrected chi connectivity index (χ3v) is 3.64. The Balaban J connectivity index is 1.76. The minimum atomic E-state index is -0.372. The molecule has 0 saturated carbocycles. The van der Waals surface area contributed by atoms with Gasteiger partial charge in [-0.2, -0.15) is 0 Å². The standard InChI is InChI=1S/C17H16FN3O/c1-11-19-15-8-12(6-7-16(15)21(11)2)9-17(22)20-14-5-3-4-13(18)10-14/h3-8,10H,9H2,1-2H3,(H,20,22). The van der Waals surface area contributed by atoms with Crippen LogP contribution in [0, 0.1) is 12.7 Å². The number of hydrogen-bond donors (Lipinski definition) is 1. The molecular formula is C17H16FN3O. The van der Waals surface area contributed by atoms with Crippen molar-refractivity contribution in [3.05, 3.63) is 59.7 Å². The zero-order valence-electron chi connectivity index (χ0n) is 12.4. The third kappa shape index (κ3) is 2.83. The van der Waals surface area contributed by atoms with E-state index in [-0.39, 0.29) is 18.1 Å². The van der Waals surface area contributed by atoms with Crippen molar-refractivity contribution in [3.63, 3.8) is 0 Å². The third-order valence-electron chi connectivity index (χ3n) is 3.64. The minimum Gasteiger partial charge on any atom is -0.331 e. The van der Waals surface area contributed by atoms with Crippen LogP contribution in [0.3, 0.4) is 0 Å². The van der Waals surface area contributed by atoms with E-state index in [9.17, 15) is 9.18 Å². The van der Waals surface area contributed by atoms with Gasteiger partial charge in [0.15, 0.2) is 0 Å². The van der Waals surface area contributed by atoms with Crippen LogP contribution in [0.4, 0.5) is 10.1 Å². The number of rotatable bonds is 3. The number of hydrogen-bond acceptors (Lipinski definition) is 2. The molecule has 4 nitrogen and oxygen atoms in total. The van der Waals surface area contributed by atoms with Crippen molar-refractivity contribution >= 4 is 22.6 Å². The van der Waals surface area contributed by atoms with Crippen LogP contribution < -0.4 is 5.32 Å². The van der Waals surface area contributed by atoms with E-state index in [0.717, 1.165) is 22.4 Å². The lowest BCUT2D eigenvalue weighted by atomic mass is 10.1. The monoisotopic (exact) mass is 297 g/mol. The molecule has 22 heavy (non-hydrogen) atoms. The molecule has 0 aliphatic carbocycles. The lowest BCUT2D eigenvalue weighted by Gasteiger charge is -2.05. The lowest BCUT2D eigenvalue weighted by molar-refractivity contribution is -0.115. The molecule has 5 heteroatoms. The molecule has 1 aromatic heterocycles. The SMILES string of the molecule is Cc1nc2cc(CC(=O)Nc3cccc(F)c3)ccc2n1C. The van der Waals surface area contributed by atoms with Gasteiger partial charge in [-0.15, -0.1) is 0 Å². The molecule has 1 amide bonds. The van der Waals surface area contributed by atoms with Crippen LogP contribution in [0.15, 0.2) is 42.5 Å². The molecule has 0 aliphatic rings. The molecule has 0 saturated heterocycles. The van der Waals surface area contributed by atoms with Crippen LogP contribution in [0.1, 0.15) is 11.4 Å². The number of aromatic nitrogens is 2. The van der Waals surface area contributed by atoms with Crippen molar-refractivity contribution in [1.29, 1.82) is 0 Å². The topological polar surface area (TPSA) is 46.9 Å². The van der Waals surface area contributed by atoms with Crippen LogP contribution in [0.2, 0.25) is 0 Å². The Morgan fingerprint density at radius 2 is 2.09 bits per heavy atom. The molecule has 112 valence electrons. The van der Waals surface area contributed by atoms with E-state index in [1.165, 1.54) is 12.1 Å². The Morgan fingerprint density at radius 1 is 1.27 bits per heavy atom. The molecule has 0 unspecified atom stereocenters. The molecular weight excluding hydrogens is 281 g/mol. The fourth-order valence-corrected chi connectivity index (χ4v) is 2.43. The number of benzene rings is 2. The normalized spacial score (nSPS) is 10.9. The number of halogens is 1. The van der Waals surface area contributed by atoms with Gasteiger partial charge in [0.2, 0.25) is 5.91 Å². The van der Waals surface area contributed by atoms with E-state index in [1.807, 2.05) is 36.7 Å². The molecule has 0 atom stereocenters. The summed E-state index contributed by atoms with van der Waals surface area (Å²) < 4.78 is 15.1. The number of amides is 1. The Bertz CT molecular complexity index is 854. The first kappa shape index (κ1) is 14.3. The quantitative estimate of drug-likeness (QED) is 0.807. The smallest absolute Gasteiger partial charge is 0.228 e. The predicted octanol–water partition coefficient (Wildman–Crippen LogP) is 3.20. The second-order valence-electron chi connectivity index (χ2n) is 5.28. The van der Waals surface area contributed by atoms with E-state index in [2.05, 4.69) is 10.3 Å². The van der Waals surface area contributed by atoms with Crippen molar-refractivity contribution in [1.82, 2.24) is 9.55 Å².